The fourth-order valence-electron chi connectivity index (χ4n) is 1.50. The number of benzene rings is 1. The summed E-state index contributed by atoms with van der Waals surface area (Å²) in [4.78, 5) is 3.82. The first kappa shape index (κ1) is 13.2. The molecule has 1 heterocycles. The number of halogens is 3. The van der Waals surface area contributed by atoms with E-state index in [0.717, 1.165) is 12.1 Å². The fourth-order valence-corrected chi connectivity index (χ4v) is 1.50. The largest absolute Gasteiger partial charge is 0.507 e. The molecule has 2 aromatic rings. The minimum atomic E-state index is -4.59. The highest BCUT2D eigenvalue weighted by Crippen LogP contribution is 2.36. The van der Waals surface area contributed by atoms with Crippen LogP contribution < -0.4 is 4.74 Å². The lowest BCUT2D eigenvalue weighted by Crippen LogP contribution is -2.07. The molecule has 0 spiro atoms. The Kier molecular flexibility index (Phi) is 3.59. The number of alkyl halides is 3. The van der Waals surface area contributed by atoms with E-state index >= 15 is 0 Å². The molecule has 1 N–H and O–H groups in total. The highest BCUT2D eigenvalue weighted by molar-refractivity contribution is 5.38. The molecule has 0 aliphatic heterocycles. The minimum Gasteiger partial charge on any atom is -0.507 e. The average Bonchev–Trinajstić information content (AvgIpc) is 2.37. The van der Waals surface area contributed by atoms with Crippen LogP contribution in [0.15, 0.2) is 42.7 Å². The number of nitrogens with zero attached hydrogens (tertiary/aromatic N) is 1. The molecule has 0 aliphatic carbocycles. The molecule has 0 fully saturated rings. The van der Waals surface area contributed by atoms with Gasteiger partial charge in [0.1, 0.15) is 18.1 Å². The Hall–Kier alpha value is -2.24. The van der Waals surface area contributed by atoms with E-state index in [1.807, 2.05) is 0 Å². The second kappa shape index (κ2) is 5.17. The van der Waals surface area contributed by atoms with Crippen molar-refractivity contribution in [1.82, 2.24) is 4.98 Å². The molecular weight excluding hydrogens is 259 g/mol. The summed E-state index contributed by atoms with van der Waals surface area (Å²) < 4.78 is 43.0. The smallest absolute Gasteiger partial charge is 0.419 e. The van der Waals surface area contributed by atoms with Crippen molar-refractivity contribution in [1.29, 1.82) is 0 Å². The van der Waals surface area contributed by atoms with Gasteiger partial charge in [-0.05, 0) is 29.8 Å². The summed E-state index contributed by atoms with van der Waals surface area (Å²) in [5, 5.41) is 9.19. The van der Waals surface area contributed by atoms with Crippen LogP contribution in [0.3, 0.4) is 0 Å². The van der Waals surface area contributed by atoms with Gasteiger partial charge in [0.05, 0.1) is 11.8 Å². The molecule has 3 nitrogen and oxygen atoms in total. The number of aromatic hydroxyl groups is 1. The van der Waals surface area contributed by atoms with Crippen LogP contribution in [0.25, 0.3) is 0 Å². The molecule has 0 radical (unpaired) electrons. The Morgan fingerprint density at radius 1 is 1.21 bits per heavy atom. The standard InChI is InChI=1S/C13H10F3NO2/c14-13(15,16)11-6-9(3-4-12(11)18)8-19-10-2-1-5-17-7-10/h1-7,18H,8H2. The SMILES string of the molecule is Oc1ccc(COc2cccnc2)cc1C(F)(F)F. The molecule has 1 aromatic carbocycles. The lowest BCUT2D eigenvalue weighted by molar-refractivity contribution is -0.138. The van der Waals surface area contributed by atoms with Crippen molar-refractivity contribution in [3.8, 4) is 11.5 Å². The predicted molar refractivity (Wildman–Crippen MR) is 61.7 cm³/mol. The molecule has 0 saturated carbocycles. The second-order valence-electron chi connectivity index (χ2n) is 3.83. The van der Waals surface area contributed by atoms with Crippen LogP contribution >= 0.6 is 0 Å². The zero-order valence-electron chi connectivity index (χ0n) is 9.69. The van der Waals surface area contributed by atoms with E-state index < -0.39 is 17.5 Å². The minimum absolute atomic E-state index is 0.0327. The molecule has 1 aromatic heterocycles. The first-order chi connectivity index (χ1) is 8.97. The molecule has 0 saturated heterocycles. The maximum absolute atomic E-state index is 12.6. The van der Waals surface area contributed by atoms with Crippen LogP contribution in [0.1, 0.15) is 11.1 Å². The molecule has 19 heavy (non-hydrogen) atoms. The fraction of sp³-hybridized carbons (Fsp3) is 0.154. The monoisotopic (exact) mass is 269 g/mol. The Morgan fingerprint density at radius 3 is 2.63 bits per heavy atom. The van der Waals surface area contributed by atoms with E-state index in [2.05, 4.69) is 4.98 Å². The maximum atomic E-state index is 12.6. The summed E-state index contributed by atoms with van der Waals surface area (Å²) in [6, 6.07) is 6.56. The lowest BCUT2D eigenvalue weighted by Gasteiger charge is -2.11. The van der Waals surface area contributed by atoms with Gasteiger partial charge in [0.2, 0.25) is 0 Å². The first-order valence-corrected chi connectivity index (χ1v) is 5.39. The lowest BCUT2D eigenvalue weighted by atomic mass is 10.1. The van der Waals surface area contributed by atoms with Crippen molar-refractivity contribution in [3.05, 3.63) is 53.9 Å². The van der Waals surface area contributed by atoms with Gasteiger partial charge in [-0.2, -0.15) is 13.2 Å². The molecule has 0 bridgehead atoms. The molecule has 0 aliphatic rings. The van der Waals surface area contributed by atoms with E-state index in [1.54, 1.807) is 18.3 Å². The number of pyridine rings is 1. The van der Waals surface area contributed by atoms with Crippen LogP contribution in [-0.2, 0) is 12.8 Å². The molecule has 6 heteroatoms. The normalized spacial score (nSPS) is 11.3. The van der Waals surface area contributed by atoms with Gasteiger partial charge < -0.3 is 9.84 Å². The van der Waals surface area contributed by atoms with Gasteiger partial charge in [-0.25, -0.2) is 0 Å². The third-order valence-corrected chi connectivity index (χ3v) is 2.41. The quantitative estimate of drug-likeness (QED) is 0.928. The first-order valence-electron chi connectivity index (χ1n) is 5.39. The van der Waals surface area contributed by atoms with Crippen molar-refractivity contribution in [3.63, 3.8) is 0 Å². The molecule has 2 rings (SSSR count). The maximum Gasteiger partial charge on any atom is 0.419 e. The highest BCUT2D eigenvalue weighted by Gasteiger charge is 2.33. The van der Waals surface area contributed by atoms with E-state index in [0.29, 0.717) is 11.3 Å². The average molecular weight is 269 g/mol. The third kappa shape index (κ3) is 3.37. The van der Waals surface area contributed by atoms with Crippen LogP contribution in [-0.4, -0.2) is 10.1 Å². The number of ether oxygens (including phenoxy) is 1. The van der Waals surface area contributed by atoms with Crippen molar-refractivity contribution in [2.75, 3.05) is 0 Å². The van der Waals surface area contributed by atoms with Gasteiger partial charge in [-0.3, -0.25) is 4.98 Å². The van der Waals surface area contributed by atoms with Gasteiger partial charge in [0, 0.05) is 6.20 Å². The van der Waals surface area contributed by atoms with Crippen molar-refractivity contribution in [2.24, 2.45) is 0 Å². The highest BCUT2D eigenvalue weighted by atomic mass is 19.4. The Morgan fingerprint density at radius 2 is 2.00 bits per heavy atom. The van der Waals surface area contributed by atoms with Crippen molar-refractivity contribution >= 4 is 0 Å². The van der Waals surface area contributed by atoms with Crippen molar-refractivity contribution in [2.45, 2.75) is 12.8 Å². The summed E-state index contributed by atoms with van der Waals surface area (Å²) in [5.41, 5.74) is -0.756. The summed E-state index contributed by atoms with van der Waals surface area (Å²) >= 11 is 0. The molecular formula is C13H10F3NO2. The number of aromatic nitrogens is 1. The summed E-state index contributed by atoms with van der Waals surface area (Å²) in [6.45, 7) is -0.0327. The predicted octanol–water partition coefficient (Wildman–Crippen LogP) is 3.39. The number of rotatable bonds is 3. The van der Waals surface area contributed by atoms with E-state index in [-0.39, 0.29) is 6.61 Å². The van der Waals surface area contributed by atoms with Crippen LogP contribution in [0, 0.1) is 0 Å². The molecule has 100 valence electrons. The Bertz CT molecular complexity index is 556. The van der Waals surface area contributed by atoms with Gasteiger partial charge in [-0.15, -0.1) is 0 Å². The Balaban J connectivity index is 2.14. The zero-order valence-corrected chi connectivity index (χ0v) is 9.69. The number of phenols is 1. The Labute approximate surface area is 107 Å². The number of hydrogen-bond acceptors (Lipinski definition) is 3. The van der Waals surface area contributed by atoms with Gasteiger partial charge >= 0.3 is 6.18 Å². The second-order valence-corrected chi connectivity index (χ2v) is 3.83. The number of hydrogen-bond donors (Lipinski definition) is 1. The molecule has 0 amide bonds. The van der Waals surface area contributed by atoms with E-state index in [4.69, 9.17) is 4.74 Å². The van der Waals surface area contributed by atoms with Gasteiger partial charge in [0.25, 0.3) is 0 Å². The van der Waals surface area contributed by atoms with Crippen LogP contribution in [0.4, 0.5) is 13.2 Å². The topological polar surface area (TPSA) is 42.4 Å². The van der Waals surface area contributed by atoms with Gasteiger partial charge in [0.15, 0.2) is 0 Å². The third-order valence-electron chi connectivity index (χ3n) is 2.41. The zero-order chi connectivity index (χ0) is 13.9. The molecule has 0 unspecified atom stereocenters. The van der Waals surface area contributed by atoms with E-state index in [1.165, 1.54) is 12.3 Å². The van der Waals surface area contributed by atoms with Crippen molar-refractivity contribution < 1.29 is 23.0 Å². The van der Waals surface area contributed by atoms with Gasteiger partial charge in [-0.1, -0.05) is 6.07 Å². The summed E-state index contributed by atoms with van der Waals surface area (Å²) in [6.07, 6.45) is -1.56. The summed E-state index contributed by atoms with van der Waals surface area (Å²) in [5.74, 6) is -0.332. The number of phenolic OH excluding ortho intramolecular Hbond substituents is 1. The van der Waals surface area contributed by atoms with Crippen LogP contribution in [0.5, 0.6) is 11.5 Å². The summed E-state index contributed by atoms with van der Waals surface area (Å²) in [7, 11) is 0. The van der Waals surface area contributed by atoms with E-state index in [9.17, 15) is 18.3 Å². The van der Waals surface area contributed by atoms with Crippen LogP contribution in [0.2, 0.25) is 0 Å². The molecule has 0 atom stereocenters.